The average molecular weight is 181 g/mol. The van der Waals surface area contributed by atoms with Gasteiger partial charge >= 0.3 is 0 Å². The molecule has 0 bridgehead atoms. The molecule has 0 fully saturated rings. The lowest BCUT2D eigenvalue weighted by molar-refractivity contribution is 0.105. The van der Waals surface area contributed by atoms with Crippen LogP contribution in [0.5, 0.6) is 0 Å². The van der Waals surface area contributed by atoms with Crippen molar-refractivity contribution in [1.82, 2.24) is 4.89 Å². The molecule has 0 rings (SSSR count). The largest absolute Gasteiger partial charge is 0.287 e. The summed E-state index contributed by atoms with van der Waals surface area (Å²) in [4.78, 5) is 6.57. The van der Waals surface area contributed by atoms with E-state index < -0.39 is 10.0 Å². The smallest absolute Gasteiger partial charge is 0.233 e. The van der Waals surface area contributed by atoms with E-state index in [9.17, 15) is 8.42 Å². The highest BCUT2D eigenvalue weighted by atomic mass is 32.2. The van der Waals surface area contributed by atoms with E-state index in [0.717, 1.165) is 6.42 Å². The Kier molecular flexibility index (Phi) is 5.45. The second kappa shape index (κ2) is 5.51. The Morgan fingerprint density at radius 2 is 2.00 bits per heavy atom. The van der Waals surface area contributed by atoms with E-state index in [1.807, 2.05) is 11.8 Å². The molecule has 4 nitrogen and oxygen atoms in total. The van der Waals surface area contributed by atoms with Gasteiger partial charge in [-0.1, -0.05) is 18.2 Å². The molecule has 0 aromatic heterocycles. The Hall–Kier alpha value is -0.130. The lowest BCUT2D eigenvalue weighted by Crippen LogP contribution is -2.26. The summed E-state index contributed by atoms with van der Waals surface area (Å²) >= 11 is 0. The molecule has 0 aromatic carbocycles. The lowest BCUT2D eigenvalue weighted by atomic mass is 10.4. The molecule has 0 aliphatic heterocycles. The molecule has 5 heteroatoms. The summed E-state index contributed by atoms with van der Waals surface area (Å²) in [5, 5.41) is 0. The van der Waals surface area contributed by atoms with Crippen molar-refractivity contribution >= 4 is 10.0 Å². The van der Waals surface area contributed by atoms with Crippen LogP contribution in [0, 0.1) is 0 Å². The minimum Gasteiger partial charge on any atom is -0.287 e. The van der Waals surface area contributed by atoms with Crippen molar-refractivity contribution in [1.29, 1.82) is 0 Å². The molecule has 0 heterocycles. The Balaban J connectivity index is 3.63. The Labute approximate surface area is 67.9 Å². The standard InChI is InChI=1S/C6H15NO3S/c1-3-5-6-11(8,9)7-10-4-2/h7H,3-6H2,1-2H3. The predicted molar refractivity (Wildman–Crippen MR) is 43.5 cm³/mol. The van der Waals surface area contributed by atoms with Gasteiger partial charge in [-0.25, -0.2) is 8.42 Å². The van der Waals surface area contributed by atoms with Crippen LogP contribution in [-0.2, 0) is 14.9 Å². The van der Waals surface area contributed by atoms with Gasteiger partial charge in [0.2, 0.25) is 10.0 Å². The van der Waals surface area contributed by atoms with E-state index in [0.29, 0.717) is 13.0 Å². The summed E-state index contributed by atoms with van der Waals surface area (Å²) in [6.45, 7) is 4.02. The Bertz CT molecular complexity index is 162. The molecule has 68 valence electrons. The summed E-state index contributed by atoms with van der Waals surface area (Å²) < 4.78 is 21.8. The Morgan fingerprint density at radius 3 is 2.45 bits per heavy atom. The fourth-order valence-corrected chi connectivity index (χ4v) is 1.57. The fourth-order valence-electron chi connectivity index (χ4n) is 0.525. The van der Waals surface area contributed by atoms with Crippen LogP contribution < -0.4 is 4.89 Å². The van der Waals surface area contributed by atoms with Gasteiger partial charge in [-0.2, -0.15) is 0 Å². The highest BCUT2D eigenvalue weighted by Gasteiger charge is 2.07. The first kappa shape index (κ1) is 10.9. The van der Waals surface area contributed by atoms with Crippen molar-refractivity contribution in [3.8, 4) is 0 Å². The number of nitrogens with one attached hydrogen (secondary N) is 1. The van der Waals surface area contributed by atoms with E-state index in [1.165, 1.54) is 0 Å². The van der Waals surface area contributed by atoms with Gasteiger partial charge in [0.15, 0.2) is 0 Å². The zero-order chi connectivity index (χ0) is 8.74. The third-order valence-corrected chi connectivity index (χ3v) is 2.29. The normalized spacial score (nSPS) is 11.8. The molecule has 1 N–H and O–H groups in total. The van der Waals surface area contributed by atoms with E-state index in [2.05, 4.69) is 4.84 Å². The molecular formula is C6H15NO3S. The van der Waals surface area contributed by atoms with Gasteiger partial charge in [-0.15, -0.1) is 0 Å². The fraction of sp³-hybridized carbons (Fsp3) is 1.00. The van der Waals surface area contributed by atoms with Gasteiger partial charge in [0.1, 0.15) is 0 Å². The predicted octanol–water partition coefficient (Wildman–Crippen LogP) is 0.657. The first-order valence-corrected chi connectivity index (χ1v) is 5.39. The zero-order valence-electron chi connectivity index (χ0n) is 6.96. The summed E-state index contributed by atoms with van der Waals surface area (Å²) in [7, 11) is -3.18. The minimum absolute atomic E-state index is 0.142. The van der Waals surface area contributed by atoms with Crippen molar-refractivity contribution in [2.75, 3.05) is 12.4 Å². The van der Waals surface area contributed by atoms with E-state index >= 15 is 0 Å². The summed E-state index contributed by atoms with van der Waals surface area (Å²) in [5.41, 5.74) is 0. The van der Waals surface area contributed by atoms with Gasteiger partial charge in [0.25, 0.3) is 0 Å². The highest BCUT2D eigenvalue weighted by Crippen LogP contribution is 1.92. The van der Waals surface area contributed by atoms with Crippen LogP contribution in [0.25, 0.3) is 0 Å². The first-order valence-electron chi connectivity index (χ1n) is 3.73. The first-order chi connectivity index (χ1) is 5.12. The number of unbranched alkanes of at least 4 members (excludes halogenated alkanes) is 1. The topological polar surface area (TPSA) is 55.4 Å². The maximum atomic E-state index is 10.9. The molecule has 0 saturated heterocycles. The maximum Gasteiger partial charge on any atom is 0.233 e. The number of sulfonamides is 1. The van der Waals surface area contributed by atoms with Crippen molar-refractivity contribution < 1.29 is 13.3 Å². The van der Waals surface area contributed by atoms with Crippen LogP contribution in [-0.4, -0.2) is 20.8 Å². The van der Waals surface area contributed by atoms with E-state index in [-0.39, 0.29) is 5.75 Å². The maximum absolute atomic E-state index is 10.9. The molecule has 0 aliphatic rings. The molecule has 0 atom stereocenters. The Morgan fingerprint density at radius 1 is 1.36 bits per heavy atom. The number of hydrogen-bond donors (Lipinski definition) is 1. The van der Waals surface area contributed by atoms with E-state index in [4.69, 9.17) is 0 Å². The second-order valence-corrected chi connectivity index (χ2v) is 3.99. The third kappa shape index (κ3) is 6.28. The molecule has 0 aliphatic carbocycles. The van der Waals surface area contributed by atoms with Crippen LogP contribution in [0.3, 0.4) is 0 Å². The van der Waals surface area contributed by atoms with Crippen molar-refractivity contribution in [3.05, 3.63) is 0 Å². The lowest BCUT2D eigenvalue weighted by Gasteiger charge is -2.03. The van der Waals surface area contributed by atoms with Crippen molar-refractivity contribution in [2.45, 2.75) is 26.7 Å². The van der Waals surface area contributed by atoms with Gasteiger partial charge in [-0.3, -0.25) is 4.84 Å². The molecule has 0 amide bonds. The molecule has 0 radical (unpaired) electrons. The van der Waals surface area contributed by atoms with Gasteiger partial charge < -0.3 is 0 Å². The molecule has 0 spiro atoms. The van der Waals surface area contributed by atoms with E-state index in [1.54, 1.807) is 6.92 Å². The second-order valence-electron chi connectivity index (χ2n) is 2.19. The quantitative estimate of drug-likeness (QED) is 0.612. The van der Waals surface area contributed by atoms with Gasteiger partial charge in [-0.05, 0) is 13.3 Å². The van der Waals surface area contributed by atoms with Gasteiger partial charge in [0, 0.05) is 0 Å². The highest BCUT2D eigenvalue weighted by molar-refractivity contribution is 7.89. The minimum atomic E-state index is -3.18. The van der Waals surface area contributed by atoms with Crippen molar-refractivity contribution in [3.63, 3.8) is 0 Å². The third-order valence-electron chi connectivity index (χ3n) is 1.10. The summed E-state index contributed by atoms with van der Waals surface area (Å²) in [6.07, 6.45) is 1.54. The average Bonchev–Trinajstić information content (AvgIpc) is 1.97. The van der Waals surface area contributed by atoms with Crippen LogP contribution in [0.4, 0.5) is 0 Å². The van der Waals surface area contributed by atoms with Crippen LogP contribution in [0.15, 0.2) is 0 Å². The SMILES string of the molecule is CCCCS(=O)(=O)NOCC. The number of hydrogen-bond acceptors (Lipinski definition) is 3. The molecule has 0 unspecified atom stereocenters. The zero-order valence-corrected chi connectivity index (χ0v) is 7.78. The summed E-state index contributed by atoms with van der Waals surface area (Å²) in [5.74, 6) is 0.142. The molecule has 0 aromatic rings. The molecule has 0 saturated carbocycles. The van der Waals surface area contributed by atoms with Crippen LogP contribution >= 0.6 is 0 Å². The van der Waals surface area contributed by atoms with Crippen LogP contribution in [0.2, 0.25) is 0 Å². The monoisotopic (exact) mass is 181 g/mol. The number of rotatable bonds is 6. The van der Waals surface area contributed by atoms with Crippen molar-refractivity contribution in [2.24, 2.45) is 0 Å². The molecule has 11 heavy (non-hydrogen) atoms. The van der Waals surface area contributed by atoms with Gasteiger partial charge in [0.05, 0.1) is 12.4 Å². The van der Waals surface area contributed by atoms with Crippen LogP contribution in [0.1, 0.15) is 26.7 Å². The summed E-state index contributed by atoms with van der Waals surface area (Å²) in [6, 6.07) is 0. The molecular weight excluding hydrogens is 166 g/mol.